The molecular weight excluding hydrogens is 306 g/mol. The third-order valence-electron chi connectivity index (χ3n) is 2.78. The first-order chi connectivity index (χ1) is 9.06. The van der Waals surface area contributed by atoms with Gasteiger partial charge < -0.3 is 10.6 Å². The second-order valence-electron chi connectivity index (χ2n) is 4.20. The summed E-state index contributed by atoms with van der Waals surface area (Å²) in [4.78, 5) is 17.7. The SMILES string of the molecule is CN(C(=O)Cc1cccc(Br)c1)c1ccc(N)nc1. The molecule has 19 heavy (non-hydrogen) atoms. The number of halogens is 1. The van der Waals surface area contributed by atoms with Crippen LogP contribution < -0.4 is 10.6 Å². The van der Waals surface area contributed by atoms with E-state index >= 15 is 0 Å². The zero-order valence-corrected chi connectivity index (χ0v) is 12.1. The highest BCUT2D eigenvalue weighted by atomic mass is 79.9. The minimum absolute atomic E-state index is 0.00433. The Morgan fingerprint density at radius 2 is 2.16 bits per heavy atom. The van der Waals surface area contributed by atoms with Crippen molar-refractivity contribution < 1.29 is 4.79 Å². The van der Waals surface area contributed by atoms with Gasteiger partial charge in [-0.25, -0.2) is 4.98 Å². The lowest BCUT2D eigenvalue weighted by Crippen LogP contribution is -2.27. The van der Waals surface area contributed by atoms with Crippen molar-refractivity contribution in [3.63, 3.8) is 0 Å². The van der Waals surface area contributed by atoms with Gasteiger partial charge in [0.05, 0.1) is 18.3 Å². The lowest BCUT2D eigenvalue weighted by Gasteiger charge is -2.17. The smallest absolute Gasteiger partial charge is 0.231 e. The van der Waals surface area contributed by atoms with Crippen molar-refractivity contribution in [2.75, 3.05) is 17.7 Å². The highest BCUT2D eigenvalue weighted by Gasteiger charge is 2.12. The van der Waals surface area contributed by atoms with E-state index in [-0.39, 0.29) is 5.91 Å². The number of nitrogen functional groups attached to an aromatic ring is 1. The first kappa shape index (κ1) is 13.5. The van der Waals surface area contributed by atoms with Crippen LogP contribution in [-0.2, 0) is 11.2 Å². The van der Waals surface area contributed by atoms with Crippen LogP contribution in [0.3, 0.4) is 0 Å². The molecule has 0 fully saturated rings. The molecule has 0 bridgehead atoms. The molecule has 1 aromatic carbocycles. The Hall–Kier alpha value is -1.88. The molecule has 2 rings (SSSR count). The average Bonchev–Trinajstić information content (AvgIpc) is 2.39. The number of nitrogens with zero attached hydrogens (tertiary/aromatic N) is 2. The summed E-state index contributed by atoms with van der Waals surface area (Å²) in [6.45, 7) is 0. The zero-order chi connectivity index (χ0) is 13.8. The molecule has 1 heterocycles. The molecule has 0 aliphatic rings. The van der Waals surface area contributed by atoms with E-state index in [4.69, 9.17) is 5.73 Å². The molecule has 5 heteroatoms. The van der Waals surface area contributed by atoms with E-state index in [9.17, 15) is 4.79 Å². The summed E-state index contributed by atoms with van der Waals surface area (Å²) in [5.41, 5.74) is 7.22. The van der Waals surface area contributed by atoms with Gasteiger partial charge in [0.15, 0.2) is 0 Å². The summed E-state index contributed by atoms with van der Waals surface area (Å²) in [7, 11) is 1.73. The first-order valence-electron chi connectivity index (χ1n) is 5.79. The molecule has 0 unspecified atom stereocenters. The van der Waals surface area contributed by atoms with E-state index in [2.05, 4.69) is 20.9 Å². The van der Waals surface area contributed by atoms with Crippen molar-refractivity contribution >= 4 is 33.3 Å². The molecule has 4 nitrogen and oxygen atoms in total. The number of carbonyl (C=O) groups is 1. The van der Waals surface area contributed by atoms with Gasteiger partial charge in [-0.2, -0.15) is 0 Å². The summed E-state index contributed by atoms with van der Waals surface area (Å²) in [6.07, 6.45) is 1.94. The molecule has 0 aliphatic heterocycles. The van der Waals surface area contributed by atoms with Gasteiger partial charge in [-0.1, -0.05) is 28.1 Å². The van der Waals surface area contributed by atoms with Crippen LogP contribution in [0, 0.1) is 0 Å². The van der Waals surface area contributed by atoms with Crippen LogP contribution in [-0.4, -0.2) is 17.9 Å². The van der Waals surface area contributed by atoms with Crippen LogP contribution in [0.25, 0.3) is 0 Å². The van der Waals surface area contributed by atoms with Crippen molar-refractivity contribution in [2.45, 2.75) is 6.42 Å². The number of nitrogens with two attached hydrogens (primary N) is 1. The molecule has 98 valence electrons. The van der Waals surface area contributed by atoms with Gasteiger partial charge in [-0.15, -0.1) is 0 Å². The van der Waals surface area contributed by atoms with Crippen LogP contribution in [0.1, 0.15) is 5.56 Å². The van der Waals surface area contributed by atoms with Crippen LogP contribution in [0.15, 0.2) is 47.1 Å². The predicted molar refractivity (Wildman–Crippen MR) is 79.9 cm³/mol. The highest BCUT2D eigenvalue weighted by molar-refractivity contribution is 9.10. The first-order valence-corrected chi connectivity index (χ1v) is 6.58. The molecule has 1 amide bonds. The maximum atomic E-state index is 12.2. The average molecular weight is 320 g/mol. The van der Waals surface area contributed by atoms with Gasteiger partial charge in [-0.3, -0.25) is 4.79 Å². The lowest BCUT2D eigenvalue weighted by atomic mass is 10.1. The molecule has 0 saturated carbocycles. The quantitative estimate of drug-likeness (QED) is 0.946. The predicted octanol–water partition coefficient (Wildman–Crippen LogP) is 2.63. The molecule has 2 aromatic rings. The van der Waals surface area contributed by atoms with Crippen molar-refractivity contribution in [1.29, 1.82) is 0 Å². The number of amides is 1. The van der Waals surface area contributed by atoms with Crippen LogP contribution in [0.5, 0.6) is 0 Å². The van der Waals surface area contributed by atoms with Crippen molar-refractivity contribution in [1.82, 2.24) is 4.98 Å². The third kappa shape index (κ3) is 3.54. The Morgan fingerprint density at radius 3 is 2.79 bits per heavy atom. The molecule has 0 spiro atoms. The minimum Gasteiger partial charge on any atom is -0.384 e. The number of carbonyl (C=O) groups excluding carboxylic acids is 1. The van der Waals surface area contributed by atoms with E-state index in [1.165, 1.54) is 0 Å². The fourth-order valence-electron chi connectivity index (χ4n) is 1.68. The Morgan fingerprint density at radius 1 is 1.37 bits per heavy atom. The van der Waals surface area contributed by atoms with Gasteiger partial charge in [0.1, 0.15) is 5.82 Å². The van der Waals surface area contributed by atoms with E-state index in [1.807, 2.05) is 24.3 Å². The Bertz CT molecular complexity index is 583. The fraction of sp³-hybridized carbons (Fsp3) is 0.143. The van der Waals surface area contributed by atoms with Gasteiger partial charge in [0.25, 0.3) is 0 Å². The minimum atomic E-state index is 0.00433. The largest absolute Gasteiger partial charge is 0.384 e. The molecule has 0 saturated heterocycles. The normalized spacial score (nSPS) is 10.2. The Kier molecular flexibility index (Phi) is 4.16. The van der Waals surface area contributed by atoms with Gasteiger partial charge in [0, 0.05) is 11.5 Å². The monoisotopic (exact) mass is 319 g/mol. The maximum absolute atomic E-state index is 12.2. The Labute approximate surface area is 120 Å². The second-order valence-corrected chi connectivity index (χ2v) is 5.12. The zero-order valence-electron chi connectivity index (χ0n) is 10.5. The van der Waals surface area contributed by atoms with E-state index < -0.39 is 0 Å². The molecular formula is C14H14BrN3O. The van der Waals surface area contributed by atoms with Crippen molar-refractivity contribution in [3.05, 3.63) is 52.6 Å². The summed E-state index contributed by atoms with van der Waals surface area (Å²) in [6, 6.07) is 11.2. The standard InChI is InChI=1S/C14H14BrN3O/c1-18(12-5-6-13(16)17-9-12)14(19)8-10-3-2-4-11(15)7-10/h2-7,9H,8H2,1H3,(H2,16,17). The second kappa shape index (κ2) is 5.84. The molecule has 0 aliphatic carbocycles. The molecule has 0 radical (unpaired) electrons. The topological polar surface area (TPSA) is 59.2 Å². The van der Waals surface area contributed by atoms with E-state index in [0.29, 0.717) is 12.2 Å². The van der Waals surface area contributed by atoms with Gasteiger partial charge >= 0.3 is 0 Å². The summed E-state index contributed by atoms with van der Waals surface area (Å²) in [5.74, 6) is 0.446. The maximum Gasteiger partial charge on any atom is 0.231 e. The van der Waals surface area contributed by atoms with Crippen molar-refractivity contribution in [2.24, 2.45) is 0 Å². The number of hydrogen-bond donors (Lipinski definition) is 1. The molecule has 2 N–H and O–H groups in total. The summed E-state index contributed by atoms with van der Waals surface area (Å²) < 4.78 is 0.967. The van der Waals surface area contributed by atoms with Crippen LogP contribution in [0.2, 0.25) is 0 Å². The molecule has 0 atom stereocenters. The van der Waals surface area contributed by atoms with Gasteiger partial charge in [-0.05, 0) is 29.8 Å². The van der Waals surface area contributed by atoms with Crippen molar-refractivity contribution in [3.8, 4) is 0 Å². The highest BCUT2D eigenvalue weighted by Crippen LogP contribution is 2.16. The number of hydrogen-bond acceptors (Lipinski definition) is 3. The van der Waals surface area contributed by atoms with Crippen LogP contribution in [0.4, 0.5) is 11.5 Å². The van der Waals surface area contributed by atoms with Gasteiger partial charge in [0.2, 0.25) is 5.91 Å². The number of pyridine rings is 1. The van der Waals surface area contributed by atoms with E-state index in [0.717, 1.165) is 15.7 Å². The number of anilines is 2. The number of rotatable bonds is 3. The number of likely N-dealkylation sites (N-methyl/N-ethyl adjacent to an activating group) is 1. The van der Waals surface area contributed by atoms with Crippen LogP contribution >= 0.6 is 15.9 Å². The number of benzene rings is 1. The lowest BCUT2D eigenvalue weighted by molar-refractivity contribution is -0.117. The summed E-state index contributed by atoms with van der Waals surface area (Å²) in [5, 5.41) is 0. The van der Waals surface area contributed by atoms with E-state index in [1.54, 1.807) is 30.3 Å². The number of aromatic nitrogens is 1. The Balaban J connectivity index is 2.09. The third-order valence-corrected chi connectivity index (χ3v) is 3.27. The molecule has 1 aromatic heterocycles. The fourth-order valence-corrected chi connectivity index (χ4v) is 2.13. The summed E-state index contributed by atoms with van der Waals surface area (Å²) >= 11 is 3.39.